The molecule has 3 aromatic rings. The first-order valence-electron chi connectivity index (χ1n) is 6.35. The van der Waals surface area contributed by atoms with Crippen LogP contribution < -0.4 is 9.46 Å². The quantitative estimate of drug-likeness (QED) is 0.751. The van der Waals surface area contributed by atoms with Gasteiger partial charge in [-0.3, -0.25) is 9.82 Å². The summed E-state index contributed by atoms with van der Waals surface area (Å²) in [5, 5.41) is 6.67. The number of aromatic amines is 1. The summed E-state index contributed by atoms with van der Waals surface area (Å²) in [7, 11) is -2.17. The fraction of sp³-hybridized carbons (Fsp3) is 0.0714. The van der Waals surface area contributed by atoms with Crippen LogP contribution in [0.25, 0.3) is 10.6 Å². The Balaban J connectivity index is 1.90. The maximum Gasteiger partial charge on any atom is 0.271 e. The van der Waals surface area contributed by atoms with Crippen molar-refractivity contribution in [2.45, 2.75) is 4.21 Å². The number of para-hydroxylation sites is 2. The highest BCUT2D eigenvalue weighted by Gasteiger charge is 2.19. The number of sulfonamides is 1. The standard InChI is InChI=1S/C14H13N3O3S2/c1-20-12-5-3-2-4-10(12)17-22(18,19)14-7-6-13(21-14)11-8-9-15-16-11/h2-9,17H,1H3,(H,15,16). The lowest BCUT2D eigenvalue weighted by atomic mass is 10.3. The van der Waals surface area contributed by atoms with Crippen molar-refractivity contribution in [1.29, 1.82) is 0 Å². The third-order valence-electron chi connectivity index (χ3n) is 2.96. The number of H-pyrrole nitrogens is 1. The number of hydrogen-bond donors (Lipinski definition) is 2. The third kappa shape index (κ3) is 2.83. The summed E-state index contributed by atoms with van der Waals surface area (Å²) in [6, 6.07) is 12.0. The lowest BCUT2D eigenvalue weighted by Crippen LogP contribution is -2.12. The Morgan fingerprint density at radius 3 is 2.73 bits per heavy atom. The second kappa shape index (κ2) is 5.82. The van der Waals surface area contributed by atoms with Crippen LogP contribution in [-0.2, 0) is 10.0 Å². The number of nitrogens with one attached hydrogen (secondary N) is 2. The number of nitrogens with zero attached hydrogens (tertiary/aromatic N) is 1. The van der Waals surface area contributed by atoms with E-state index in [1.165, 1.54) is 18.4 Å². The smallest absolute Gasteiger partial charge is 0.271 e. The lowest BCUT2D eigenvalue weighted by Gasteiger charge is -2.10. The average Bonchev–Trinajstić information content (AvgIpc) is 3.18. The van der Waals surface area contributed by atoms with E-state index in [0.717, 1.165) is 10.6 Å². The molecular formula is C14H13N3O3S2. The van der Waals surface area contributed by atoms with Gasteiger partial charge in [0.25, 0.3) is 10.0 Å². The summed E-state index contributed by atoms with van der Waals surface area (Å²) >= 11 is 1.17. The van der Waals surface area contributed by atoms with Crippen molar-refractivity contribution in [2.75, 3.05) is 11.8 Å². The molecule has 1 aromatic carbocycles. The van der Waals surface area contributed by atoms with Crippen LogP contribution in [0.4, 0.5) is 5.69 Å². The lowest BCUT2D eigenvalue weighted by molar-refractivity contribution is 0.417. The summed E-state index contributed by atoms with van der Waals surface area (Å²) in [6.07, 6.45) is 1.62. The van der Waals surface area contributed by atoms with Gasteiger partial charge in [0.1, 0.15) is 9.96 Å². The van der Waals surface area contributed by atoms with Gasteiger partial charge in [0.2, 0.25) is 0 Å². The van der Waals surface area contributed by atoms with Crippen molar-refractivity contribution in [2.24, 2.45) is 0 Å². The Kier molecular flexibility index (Phi) is 3.86. The number of aromatic nitrogens is 2. The van der Waals surface area contributed by atoms with Crippen LogP contribution in [0.15, 0.2) is 52.9 Å². The first-order chi connectivity index (χ1) is 10.6. The molecule has 0 unspecified atom stereocenters. The summed E-state index contributed by atoms with van der Waals surface area (Å²) < 4.78 is 32.9. The molecule has 0 aliphatic heterocycles. The molecule has 22 heavy (non-hydrogen) atoms. The highest BCUT2D eigenvalue weighted by Crippen LogP contribution is 2.32. The maximum absolute atomic E-state index is 12.5. The van der Waals surface area contributed by atoms with Gasteiger partial charge in [0.15, 0.2) is 0 Å². The summed E-state index contributed by atoms with van der Waals surface area (Å²) in [6.45, 7) is 0. The van der Waals surface area contributed by atoms with Crippen LogP contribution in [-0.4, -0.2) is 25.7 Å². The number of hydrogen-bond acceptors (Lipinski definition) is 5. The molecule has 0 atom stereocenters. The van der Waals surface area contributed by atoms with Crippen molar-refractivity contribution in [3.8, 4) is 16.3 Å². The predicted molar refractivity (Wildman–Crippen MR) is 85.7 cm³/mol. The molecule has 0 aliphatic rings. The minimum atomic E-state index is -3.66. The van der Waals surface area contributed by atoms with Gasteiger partial charge < -0.3 is 4.74 Å². The molecule has 0 saturated heterocycles. The van der Waals surface area contributed by atoms with E-state index in [2.05, 4.69) is 14.9 Å². The number of benzene rings is 1. The van der Waals surface area contributed by atoms with E-state index in [-0.39, 0.29) is 4.21 Å². The monoisotopic (exact) mass is 335 g/mol. The molecule has 6 nitrogen and oxygen atoms in total. The molecule has 0 spiro atoms. The van der Waals surface area contributed by atoms with Gasteiger partial charge in [-0.1, -0.05) is 12.1 Å². The molecule has 3 rings (SSSR count). The van der Waals surface area contributed by atoms with Gasteiger partial charge >= 0.3 is 0 Å². The first kappa shape index (κ1) is 14.6. The van der Waals surface area contributed by atoms with Crippen LogP contribution in [0.3, 0.4) is 0 Å². The Morgan fingerprint density at radius 1 is 1.18 bits per heavy atom. The summed E-state index contributed by atoms with van der Waals surface area (Å²) in [5.74, 6) is 0.469. The normalized spacial score (nSPS) is 11.3. The topological polar surface area (TPSA) is 84.1 Å². The van der Waals surface area contributed by atoms with Crippen LogP contribution in [0.1, 0.15) is 0 Å². The minimum absolute atomic E-state index is 0.225. The number of ether oxygens (including phenoxy) is 1. The number of anilines is 1. The molecule has 0 radical (unpaired) electrons. The van der Waals surface area contributed by atoms with Gasteiger partial charge in [-0.05, 0) is 30.3 Å². The van der Waals surface area contributed by atoms with E-state index in [9.17, 15) is 8.42 Å². The Morgan fingerprint density at radius 2 is 2.00 bits per heavy atom. The SMILES string of the molecule is COc1ccccc1NS(=O)(=O)c1ccc(-c2ccn[nH]2)s1. The van der Waals surface area contributed by atoms with Gasteiger partial charge in [0.05, 0.1) is 23.4 Å². The minimum Gasteiger partial charge on any atom is -0.495 e. The Bertz CT molecular complexity index is 870. The van der Waals surface area contributed by atoms with Crippen LogP contribution in [0, 0.1) is 0 Å². The number of thiophene rings is 1. The van der Waals surface area contributed by atoms with E-state index in [1.54, 1.807) is 48.7 Å². The first-order valence-corrected chi connectivity index (χ1v) is 8.65. The highest BCUT2D eigenvalue weighted by molar-refractivity contribution is 7.94. The second-order valence-electron chi connectivity index (χ2n) is 4.39. The summed E-state index contributed by atoms with van der Waals surface area (Å²) in [4.78, 5) is 0.804. The van der Waals surface area contributed by atoms with Crippen molar-refractivity contribution in [3.05, 3.63) is 48.7 Å². The van der Waals surface area contributed by atoms with Gasteiger partial charge in [-0.2, -0.15) is 5.10 Å². The van der Waals surface area contributed by atoms with Crippen molar-refractivity contribution in [3.63, 3.8) is 0 Å². The van der Waals surface area contributed by atoms with Gasteiger partial charge in [0, 0.05) is 6.20 Å². The van der Waals surface area contributed by atoms with Gasteiger partial charge in [-0.25, -0.2) is 8.42 Å². The predicted octanol–water partition coefficient (Wildman–Crippen LogP) is 2.95. The average molecular weight is 335 g/mol. The second-order valence-corrected chi connectivity index (χ2v) is 7.39. The molecule has 0 fully saturated rings. The summed E-state index contributed by atoms with van der Waals surface area (Å²) in [5.41, 5.74) is 1.19. The zero-order chi connectivity index (χ0) is 15.6. The Labute approximate surface area is 131 Å². The number of methoxy groups -OCH3 is 1. The maximum atomic E-state index is 12.5. The molecule has 0 bridgehead atoms. The molecule has 2 N–H and O–H groups in total. The van der Waals surface area contributed by atoms with Crippen LogP contribution in [0.2, 0.25) is 0 Å². The molecule has 114 valence electrons. The van der Waals surface area contributed by atoms with Crippen molar-refractivity contribution in [1.82, 2.24) is 10.2 Å². The third-order valence-corrected chi connectivity index (χ3v) is 5.94. The molecule has 2 aromatic heterocycles. The molecule has 0 amide bonds. The van der Waals surface area contributed by atoms with E-state index in [1.807, 2.05) is 0 Å². The zero-order valence-corrected chi connectivity index (χ0v) is 13.2. The van der Waals surface area contributed by atoms with E-state index in [4.69, 9.17) is 4.74 Å². The molecule has 8 heteroatoms. The van der Waals surface area contributed by atoms with E-state index >= 15 is 0 Å². The largest absolute Gasteiger partial charge is 0.495 e. The van der Waals surface area contributed by atoms with Crippen molar-refractivity contribution < 1.29 is 13.2 Å². The Hall–Kier alpha value is -2.32. The van der Waals surface area contributed by atoms with Crippen LogP contribution >= 0.6 is 11.3 Å². The van der Waals surface area contributed by atoms with Gasteiger partial charge in [-0.15, -0.1) is 11.3 Å². The molecule has 0 aliphatic carbocycles. The van der Waals surface area contributed by atoms with E-state index < -0.39 is 10.0 Å². The fourth-order valence-electron chi connectivity index (χ4n) is 1.93. The van der Waals surface area contributed by atoms with Crippen LogP contribution in [0.5, 0.6) is 5.75 Å². The molecule has 2 heterocycles. The molecular weight excluding hydrogens is 322 g/mol. The highest BCUT2D eigenvalue weighted by atomic mass is 32.2. The van der Waals surface area contributed by atoms with E-state index in [0.29, 0.717) is 11.4 Å². The zero-order valence-electron chi connectivity index (χ0n) is 11.6. The molecule has 0 saturated carbocycles. The van der Waals surface area contributed by atoms with Crippen molar-refractivity contribution >= 4 is 27.0 Å². The number of rotatable bonds is 5. The fourth-order valence-corrected chi connectivity index (χ4v) is 4.28.